The van der Waals surface area contributed by atoms with Gasteiger partial charge >= 0.3 is 0 Å². The summed E-state index contributed by atoms with van der Waals surface area (Å²) in [5.74, 6) is 0. The monoisotopic (exact) mass is 207 g/mol. The first-order valence-corrected chi connectivity index (χ1v) is 5.15. The lowest BCUT2D eigenvalue weighted by atomic mass is 10.00. The standard InChI is InChI=1S/C12H14ClN/c1-8(2)9-5-10(7-11(13)6-9)12(14)3-4-12/h5-7H,1,3-4,14H2,2H3. The fraction of sp³-hybridized carbons (Fsp3) is 0.333. The first kappa shape index (κ1) is 9.75. The SMILES string of the molecule is C=C(C)c1cc(Cl)cc(C2(N)CC2)c1. The van der Waals surface area contributed by atoms with E-state index in [2.05, 4.69) is 12.6 Å². The van der Waals surface area contributed by atoms with Gasteiger partial charge in [-0.2, -0.15) is 0 Å². The predicted octanol–water partition coefficient (Wildman–Crippen LogP) is 3.32. The molecule has 0 saturated heterocycles. The highest BCUT2D eigenvalue weighted by atomic mass is 35.5. The Hall–Kier alpha value is -0.790. The third-order valence-corrected chi connectivity index (χ3v) is 2.97. The van der Waals surface area contributed by atoms with Crippen molar-refractivity contribution in [2.24, 2.45) is 5.73 Å². The Kier molecular flexibility index (Phi) is 2.17. The molecule has 1 fully saturated rings. The van der Waals surface area contributed by atoms with Crippen LogP contribution < -0.4 is 5.73 Å². The molecule has 2 N–H and O–H groups in total. The molecule has 0 unspecified atom stereocenters. The lowest BCUT2D eigenvalue weighted by molar-refractivity contribution is 0.740. The summed E-state index contributed by atoms with van der Waals surface area (Å²) in [4.78, 5) is 0. The van der Waals surface area contributed by atoms with Crippen LogP contribution in [0.1, 0.15) is 30.9 Å². The zero-order valence-corrected chi connectivity index (χ0v) is 9.06. The molecule has 0 amide bonds. The summed E-state index contributed by atoms with van der Waals surface area (Å²) >= 11 is 6.03. The summed E-state index contributed by atoms with van der Waals surface area (Å²) < 4.78 is 0. The Labute approximate surface area is 89.6 Å². The molecule has 0 radical (unpaired) electrons. The van der Waals surface area contributed by atoms with Crippen LogP contribution in [0.4, 0.5) is 0 Å². The topological polar surface area (TPSA) is 26.0 Å². The average molecular weight is 208 g/mol. The minimum atomic E-state index is -0.116. The van der Waals surface area contributed by atoms with Crippen LogP contribution in [0.15, 0.2) is 24.8 Å². The van der Waals surface area contributed by atoms with Gasteiger partial charge in [0.25, 0.3) is 0 Å². The summed E-state index contributed by atoms with van der Waals surface area (Å²) in [5, 5.41) is 0.747. The van der Waals surface area contributed by atoms with E-state index < -0.39 is 0 Å². The van der Waals surface area contributed by atoms with Crippen molar-refractivity contribution in [3.63, 3.8) is 0 Å². The lowest BCUT2D eigenvalue weighted by Gasteiger charge is -2.11. The molecule has 0 aliphatic heterocycles. The largest absolute Gasteiger partial charge is 0.321 e. The molecule has 1 aliphatic rings. The lowest BCUT2D eigenvalue weighted by Crippen LogP contribution is -2.18. The summed E-state index contributed by atoms with van der Waals surface area (Å²) in [6, 6.07) is 5.99. The van der Waals surface area contributed by atoms with Crippen molar-refractivity contribution in [2.45, 2.75) is 25.3 Å². The van der Waals surface area contributed by atoms with Gasteiger partial charge in [-0.05, 0) is 49.1 Å². The molecule has 1 aliphatic carbocycles. The summed E-state index contributed by atoms with van der Waals surface area (Å²) in [5.41, 5.74) is 9.26. The molecule has 1 aromatic carbocycles. The summed E-state index contributed by atoms with van der Waals surface area (Å²) in [6.45, 7) is 5.89. The van der Waals surface area contributed by atoms with Gasteiger partial charge in [0.1, 0.15) is 0 Å². The second-order valence-electron chi connectivity index (χ2n) is 4.17. The van der Waals surface area contributed by atoms with Crippen molar-refractivity contribution in [3.05, 3.63) is 40.9 Å². The second-order valence-corrected chi connectivity index (χ2v) is 4.60. The highest BCUT2D eigenvalue weighted by Crippen LogP contribution is 2.43. The number of nitrogens with two attached hydrogens (primary N) is 1. The highest BCUT2D eigenvalue weighted by molar-refractivity contribution is 6.30. The molecular formula is C12H14ClN. The number of rotatable bonds is 2. The van der Waals surface area contributed by atoms with Crippen LogP contribution in [-0.2, 0) is 5.54 Å². The number of benzene rings is 1. The van der Waals surface area contributed by atoms with Gasteiger partial charge in [0.05, 0.1) is 0 Å². The minimum Gasteiger partial charge on any atom is -0.321 e. The van der Waals surface area contributed by atoms with Crippen LogP contribution >= 0.6 is 11.6 Å². The van der Waals surface area contributed by atoms with Crippen molar-refractivity contribution < 1.29 is 0 Å². The predicted molar refractivity (Wildman–Crippen MR) is 61.3 cm³/mol. The molecule has 0 aromatic heterocycles. The molecule has 2 rings (SSSR count). The Bertz CT molecular complexity index is 391. The van der Waals surface area contributed by atoms with E-state index in [1.807, 2.05) is 19.1 Å². The van der Waals surface area contributed by atoms with E-state index in [1.54, 1.807) is 0 Å². The Morgan fingerprint density at radius 2 is 2.07 bits per heavy atom. The van der Waals surface area contributed by atoms with E-state index >= 15 is 0 Å². The summed E-state index contributed by atoms with van der Waals surface area (Å²) in [6.07, 6.45) is 2.12. The Balaban J connectivity index is 2.47. The van der Waals surface area contributed by atoms with Crippen LogP contribution in [-0.4, -0.2) is 0 Å². The van der Waals surface area contributed by atoms with E-state index in [9.17, 15) is 0 Å². The van der Waals surface area contributed by atoms with Crippen LogP contribution in [0.5, 0.6) is 0 Å². The Morgan fingerprint density at radius 1 is 1.43 bits per heavy atom. The van der Waals surface area contributed by atoms with E-state index in [-0.39, 0.29) is 5.54 Å². The molecule has 1 nitrogen and oxygen atoms in total. The van der Waals surface area contributed by atoms with Crippen LogP contribution in [0.25, 0.3) is 5.57 Å². The van der Waals surface area contributed by atoms with Gasteiger partial charge in [0.15, 0.2) is 0 Å². The van der Waals surface area contributed by atoms with Crippen molar-refractivity contribution in [2.75, 3.05) is 0 Å². The molecule has 0 heterocycles. The first-order valence-electron chi connectivity index (χ1n) is 4.77. The van der Waals surface area contributed by atoms with E-state index in [4.69, 9.17) is 17.3 Å². The molecule has 14 heavy (non-hydrogen) atoms. The van der Waals surface area contributed by atoms with Crippen molar-refractivity contribution in [3.8, 4) is 0 Å². The maximum absolute atomic E-state index is 6.12. The molecule has 1 aromatic rings. The number of hydrogen-bond donors (Lipinski definition) is 1. The molecular weight excluding hydrogens is 194 g/mol. The zero-order valence-electron chi connectivity index (χ0n) is 8.31. The summed E-state index contributed by atoms with van der Waals surface area (Å²) in [7, 11) is 0. The average Bonchev–Trinajstić information content (AvgIpc) is 2.84. The van der Waals surface area contributed by atoms with Gasteiger partial charge in [0, 0.05) is 10.6 Å². The number of hydrogen-bond acceptors (Lipinski definition) is 1. The van der Waals surface area contributed by atoms with Crippen molar-refractivity contribution in [1.82, 2.24) is 0 Å². The second kappa shape index (κ2) is 3.11. The minimum absolute atomic E-state index is 0.116. The van der Waals surface area contributed by atoms with Gasteiger partial charge in [-0.25, -0.2) is 0 Å². The molecule has 2 heteroatoms. The van der Waals surface area contributed by atoms with Crippen LogP contribution in [0.3, 0.4) is 0 Å². The van der Waals surface area contributed by atoms with Gasteiger partial charge in [0.2, 0.25) is 0 Å². The zero-order chi connectivity index (χ0) is 10.3. The van der Waals surface area contributed by atoms with E-state index in [0.29, 0.717) is 0 Å². The van der Waals surface area contributed by atoms with E-state index in [1.165, 1.54) is 0 Å². The quantitative estimate of drug-likeness (QED) is 0.791. The smallest absolute Gasteiger partial charge is 0.0415 e. The Morgan fingerprint density at radius 3 is 2.57 bits per heavy atom. The van der Waals surface area contributed by atoms with E-state index in [0.717, 1.165) is 34.6 Å². The molecule has 0 bridgehead atoms. The molecule has 74 valence electrons. The molecule has 0 spiro atoms. The van der Waals surface area contributed by atoms with Gasteiger partial charge in [-0.3, -0.25) is 0 Å². The highest BCUT2D eigenvalue weighted by Gasteiger charge is 2.40. The fourth-order valence-electron chi connectivity index (χ4n) is 1.55. The number of halogens is 1. The van der Waals surface area contributed by atoms with Gasteiger partial charge < -0.3 is 5.73 Å². The molecule has 0 atom stereocenters. The number of allylic oxidation sites excluding steroid dienone is 1. The maximum atomic E-state index is 6.12. The fourth-order valence-corrected chi connectivity index (χ4v) is 1.78. The normalized spacial score (nSPS) is 17.9. The van der Waals surface area contributed by atoms with Crippen molar-refractivity contribution in [1.29, 1.82) is 0 Å². The third kappa shape index (κ3) is 1.70. The van der Waals surface area contributed by atoms with Crippen molar-refractivity contribution >= 4 is 17.2 Å². The maximum Gasteiger partial charge on any atom is 0.0415 e. The first-order chi connectivity index (χ1) is 6.51. The van der Waals surface area contributed by atoms with Crippen LogP contribution in [0, 0.1) is 0 Å². The van der Waals surface area contributed by atoms with Gasteiger partial charge in [-0.15, -0.1) is 0 Å². The van der Waals surface area contributed by atoms with Gasteiger partial charge in [-0.1, -0.05) is 23.8 Å². The van der Waals surface area contributed by atoms with Crippen LogP contribution in [0.2, 0.25) is 5.02 Å². The third-order valence-electron chi connectivity index (χ3n) is 2.75. The molecule has 1 saturated carbocycles.